The molecular formula is C13H13Cl2NO4. The van der Waals surface area contributed by atoms with Gasteiger partial charge in [0, 0.05) is 29.1 Å². The van der Waals surface area contributed by atoms with E-state index in [-0.39, 0.29) is 13.0 Å². The summed E-state index contributed by atoms with van der Waals surface area (Å²) in [5.74, 6) is -1.79. The van der Waals surface area contributed by atoms with Crippen molar-refractivity contribution in [2.75, 3.05) is 6.61 Å². The van der Waals surface area contributed by atoms with Gasteiger partial charge in [-0.1, -0.05) is 29.3 Å². The van der Waals surface area contributed by atoms with E-state index in [1.807, 2.05) is 0 Å². The molecule has 3 N–H and O–H groups in total. The van der Waals surface area contributed by atoms with E-state index in [2.05, 4.69) is 5.32 Å². The topological polar surface area (TPSA) is 86.6 Å². The van der Waals surface area contributed by atoms with Crippen molar-refractivity contribution < 1.29 is 19.8 Å². The van der Waals surface area contributed by atoms with Gasteiger partial charge in [0.1, 0.15) is 6.04 Å². The molecule has 0 spiro atoms. The lowest BCUT2D eigenvalue weighted by molar-refractivity contribution is -0.141. The van der Waals surface area contributed by atoms with Crippen LogP contribution >= 0.6 is 23.2 Å². The molecule has 1 atom stereocenters. The Bertz CT molecular complexity index is 531. The van der Waals surface area contributed by atoms with E-state index in [9.17, 15) is 9.59 Å². The highest BCUT2D eigenvalue weighted by atomic mass is 35.5. The highest BCUT2D eigenvalue weighted by Crippen LogP contribution is 2.21. The molecule has 1 aromatic rings. The molecule has 1 rings (SSSR count). The lowest BCUT2D eigenvalue weighted by Gasteiger charge is -2.11. The SMILES string of the molecule is O=C(/C=C/c1ccc(Cl)cc1Cl)NC(CCO)C(=O)O. The van der Waals surface area contributed by atoms with E-state index >= 15 is 0 Å². The Kier molecular flexibility index (Phi) is 6.51. The molecule has 5 nitrogen and oxygen atoms in total. The standard InChI is InChI=1S/C13H13Cl2NO4/c14-9-3-1-8(10(15)7-9)2-4-12(18)16-11(5-6-17)13(19)20/h1-4,7,11,17H,5-6H2,(H,16,18)(H,19,20)/b4-2+. The average molecular weight is 318 g/mol. The summed E-state index contributed by atoms with van der Waals surface area (Å²) in [4.78, 5) is 22.4. The largest absolute Gasteiger partial charge is 0.480 e. The van der Waals surface area contributed by atoms with Gasteiger partial charge >= 0.3 is 5.97 Å². The molecule has 0 fully saturated rings. The van der Waals surface area contributed by atoms with Gasteiger partial charge < -0.3 is 15.5 Å². The fourth-order valence-electron chi connectivity index (χ4n) is 1.41. The Morgan fingerprint density at radius 2 is 2.05 bits per heavy atom. The Morgan fingerprint density at radius 3 is 2.60 bits per heavy atom. The van der Waals surface area contributed by atoms with Crippen molar-refractivity contribution in [3.05, 3.63) is 39.9 Å². The number of carbonyl (C=O) groups excluding carboxylic acids is 1. The Hall–Kier alpha value is -1.56. The molecule has 108 valence electrons. The third-order valence-electron chi connectivity index (χ3n) is 2.41. The van der Waals surface area contributed by atoms with Crippen LogP contribution in [0.1, 0.15) is 12.0 Å². The van der Waals surface area contributed by atoms with E-state index in [0.29, 0.717) is 15.6 Å². The normalized spacial score (nSPS) is 12.3. The van der Waals surface area contributed by atoms with Gasteiger partial charge in [-0.05, 0) is 23.8 Å². The van der Waals surface area contributed by atoms with Crippen LogP contribution in [0.3, 0.4) is 0 Å². The molecule has 0 saturated heterocycles. The second-order valence-corrected chi connectivity index (χ2v) is 4.75. The minimum Gasteiger partial charge on any atom is -0.480 e. The number of carboxylic acids is 1. The van der Waals surface area contributed by atoms with Gasteiger partial charge in [-0.3, -0.25) is 4.79 Å². The molecule has 0 aromatic heterocycles. The summed E-state index contributed by atoms with van der Waals surface area (Å²) in [6.07, 6.45) is 2.56. The van der Waals surface area contributed by atoms with E-state index in [1.165, 1.54) is 18.2 Å². The number of hydrogen-bond acceptors (Lipinski definition) is 3. The van der Waals surface area contributed by atoms with E-state index < -0.39 is 17.9 Å². The number of halogens is 2. The van der Waals surface area contributed by atoms with Crippen molar-refractivity contribution >= 4 is 41.2 Å². The molecule has 0 aliphatic rings. The zero-order valence-corrected chi connectivity index (χ0v) is 11.9. The predicted octanol–water partition coefficient (Wildman–Crippen LogP) is 1.96. The Labute approximate surface area is 125 Å². The van der Waals surface area contributed by atoms with Crippen molar-refractivity contribution in [2.45, 2.75) is 12.5 Å². The van der Waals surface area contributed by atoms with Crippen LogP contribution in [0.4, 0.5) is 0 Å². The smallest absolute Gasteiger partial charge is 0.326 e. The summed E-state index contributed by atoms with van der Waals surface area (Å²) in [6.45, 7) is -0.329. The lowest BCUT2D eigenvalue weighted by Crippen LogP contribution is -2.40. The van der Waals surface area contributed by atoms with Crippen molar-refractivity contribution in [1.82, 2.24) is 5.32 Å². The number of benzene rings is 1. The minimum atomic E-state index is -1.20. The second kappa shape index (κ2) is 7.89. The maximum Gasteiger partial charge on any atom is 0.326 e. The first-order chi connectivity index (χ1) is 9.43. The third kappa shape index (κ3) is 5.21. The van der Waals surface area contributed by atoms with Crippen molar-refractivity contribution in [3.8, 4) is 0 Å². The first kappa shape index (κ1) is 16.5. The number of hydrogen-bond donors (Lipinski definition) is 3. The molecular weight excluding hydrogens is 305 g/mol. The van der Waals surface area contributed by atoms with Crippen LogP contribution in [0.2, 0.25) is 10.0 Å². The summed E-state index contributed by atoms with van der Waals surface area (Å²) in [6, 6.07) is 3.66. The van der Waals surface area contributed by atoms with Gasteiger partial charge in [0.05, 0.1) is 0 Å². The summed E-state index contributed by atoms with van der Waals surface area (Å²) in [5.41, 5.74) is 0.584. The number of aliphatic hydroxyl groups is 1. The fraction of sp³-hybridized carbons (Fsp3) is 0.231. The average Bonchev–Trinajstić information content (AvgIpc) is 2.37. The van der Waals surface area contributed by atoms with Gasteiger partial charge in [0.2, 0.25) is 5.91 Å². The second-order valence-electron chi connectivity index (χ2n) is 3.91. The van der Waals surface area contributed by atoms with Gasteiger partial charge in [0.15, 0.2) is 0 Å². The van der Waals surface area contributed by atoms with E-state index in [0.717, 1.165) is 0 Å². The molecule has 1 aromatic carbocycles. The molecule has 0 saturated carbocycles. The highest BCUT2D eigenvalue weighted by Gasteiger charge is 2.17. The number of carboxylic acid groups (broad SMARTS) is 1. The quantitative estimate of drug-likeness (QED) is 0.700. The van der Waals surface area contributed by atoms with Crippen LogP contribution < -0.4 is 5.32 Å². The van der Waals surface area contributed by atoms with Crippen molar-refractivity contribution in [3.63, 3.8) is 0 Å². The number of aliphatic carboxylic acids is 1. The van der Waals surface area contributed by atoms with Crippen LogP contribution in [-0.4, -0.2) is 34.7 Å². The zero-order chi connectivity index (χ0) is 15.1. The van der Waals surface area contributed by atoms with Gasteiger partial charge in [-0.2, -0.15) is 0 Å². The maximum absolute atomic E-state index is 11.6. The summed E-state index contributed by atoms with van der Waals surface area (Å²) >= 11 is 11.7. The molecule has 1 unspecified atom stereocenters. The zero-order valence-electron chi connectivity index (χ0n) is 10.3. The molecule has 0 heterocycles. The monoisotopic (exact) mass is 317 g/mol. The van der Waals surface area contributed by atoms with Crippen molar-refractivity contribution in [1.29, 1.82) is 0 Å². The molecule has 0 radical (unpaired) electrons. The minimum absolute atomic E-state index is 0.0589. The summed E-state index contributed by atoms with van der Waals surface area (Å²) in [5, 5.41) is 20.7. The van der Waals surface area contributed by atoms with E-state index in [4.69, 9.17) is 33.4 Å². The number of rotatable bonds is 6. The first-order valence-corrected chi connectivity index (χ1v) is 6.47. The highest BCUT2D eigenvalue weighted by molar-refractivity contribution is 6.35. The first-order valence-electron chi connectivity index (χ1n) is 5.71. The summed E-state index contributed by atoms with van der Waals surface area (Å²) < 4.78 is 0. The number of carbonyl (C=O) groups is 2. The molecule has 0 aliphatic carbocycles. The van der Waals surface area contributed by atoms with Gasteiger partial charge in [-0.15, -0.1) is 0 Å². The van der Waals surface area contributed by atoms with Crippen molar-refractivity contribution in [2.24, 2.45) is 0 Å². The van der Waals surface area contributed by atoms with Gasteiger partial charge in [0.25, 0.3) is 0 Å². The van der Waals surface area contributed by atoms with Crippen LogP contribution in [0.15, 0.2) is 24.3 Å². The number of aliphatic hydroxyl groups excluding tert-OH is 1. The van der Waals surface area contributed by atoms with Crippen LogP contribution in [0.5, 0.6) is 0 Å². The number of nitrogens with one attached hydrogen (secondary N) is 1. The maximum atomic E-state index is 11.6. The van der Waals surface area contributed by atoms with Gasteiger partial charge in [-0.25, -0.2) is 4.79 Å². The van der Waals surface area contributed by atoms with Crippen LogP contribution in [0, 0.1) is 0 Å². The fourth-order valence-corrected chi connectivity index (χ4v) is 1.88. The Balaban J connectivity index is 2.69. The molecule has 1 amide bonds. The third-order valence-corrected chi connectivity index (χ3v) is 2.97. The lowest BCUT2D eigenvalue weighted by atomic mass is 10.2. The van der Waals surface area contributed by atoms with Crippen LogP contribution in [-0.2, 0) is 9.59 Å². The number of amides is 1. The molecule has 20 heavy (non-hydrogen) atoms. The predicted molar refractivity (Wildman–Crippen MR) is 76.8 cm³/mol. The molecule has 7 heteroatoms. The molecule has 0 bridgehead atoms. The van der Waals surface area contributed by atoms with Crippen LogP contribution in [0.25, 0.3) is 6.08 Å². The molecule has 0 aliphatic heterocycles. The Morgan fingerprint density at radius 1 is 1.35 bits per heavy atom. The van der Waals surface area contributed by atoms with E-state index in [1.54, 1.807) is 12.1 Å². The summed E-state index contributed by atoms with van der Waals surface area (Å²) in [7, 11) is 0.